The van der Waals surface area contributed by atoms with Gasteiger partial charge in [-0.15, -0.1) is 0 Å². The monoisotopic (exact) mass is 372 g/mol. The summed E-state index contributed by atoms with van der Waals surface area (Å²) in [6.07, 6.45) is -0.566. The molecular weight excluding hydrogens is 352 g/mol. The van der Waals surface area contributed by atoms with E-state index in [1.165, 1.54) is 18.2 Å². The number of aliphatic hydroxyl groups excluding tert-OH is 1. The van der Waals surface area contributed by atoms with E-state index in [4.69, 9.17) is 9.47 Å². The summed E-state index contributed by atoms with van der Waals surface area (Å²) < 4.78 is 11.6. The maximum atomic E-state index is 13.1. The van der Waals surface area contributed by atoms with Crippen molar-refractivity contribution in [1.29, 1.82) is 0 Å². The van der Waals surface area contributed by atoms with E-state index in [-0.39, 0.29) is 41.6 Å². The topological polar surface area (TPSA) is 116 Å². The first-order valence-electron chi connectivity index (χ1n) is 8.64. The summed E-state index contributed by atoms with van der Waals surface area (Å²) in [6, 6.07) is 5.34. The molecule has 2 aromatic rings. The Kier molecular flexibility index (Phi) is 3.75. The van der Waals surface area contributed by atoms with E-state index in [0.29, 0.717) is 16.9 Å². The highest BCUT2D eigenvalue weighted by atomic mass is 16.5. The standard InChI is InChI=1S/C20H20O7/c1-20(2)16(24)6-11-15(27-20)7-14(23)17-18(25)12(8-26-19(11)17)10-4-3-9(21)5-13(10)22/h3-5,7,12,16,21-24H,6,8H2,1-2H3/t12-,16-/m0/s1. The number of ether oxygens (including phenoxy) is 2. The van der Waals surface area contributed by atoms with Gasteiger partial charge in [0.1, 0.15) is 46.5 Å². The molecule has 2 heterocycles. The molecule has 0 saturated heterocycles. The second kappa shape index (κ2) is 5.79. The van der Waals surface area contributed by atoms with Crippen LogP contribution in [0.4, 0.5) is 0 Å². The summed E-state index contributed by atoms with van der Waals surface area (Å²) in [4.78, 5) is 13.1. The number of hydrogen-bond acceptors (Lipinski definition) is 7. The summed E-state index contributed by atoms with van der Waals surface area (Å²) in [5.41, 5.74) is 0.0227. The van der Waals surface area contributed by atoms with Crippen LogP contribution in [0.25, 0.3) is 0 Å². The third-order valence-corrected chi connectivity index (χ3v) is 5.24. The van der Waals surface area contributed by atoms with E-state index in [0.717, 1.165) is 6.07 Å². The molecule has 7 nitrogen and oxygen atoms in total. The van der Waals surface area contributed by atoms with Crippen molar-refractivity contribution in [3.8, 4) is 28.7 Å². The minimum Gasteiger partial charge on any atom is -0.508 e. The van der Waals surface area contributed by atoms with Gasteiger partial charge in [-0.2, -0.15) is 0 Å². The number of aliphatic hydroxyl groups is 1. The lowest BCUT2D eigenvalue weighted by atomic mass is 9.84. The molecule has 0 fully saturated rings. The molecule has 142 valence electrons. The minimum absolute atomic E-state index is 0.00739. The van der Waals surface area contributed by atoms with Gasteiger partial charge in [0.05, 0.1) is 12.0 Å². The Hall–Kier alpha value is -2.93. The average molecular weight is 372 g/mol. The fraction of sp³-hybridized carbons (Fsp3) is 0.350. The predicted octanol–water partition coefficient (Wildman–Crippen LogP) is 2.24. The van der Waals surface area contributed by atoms with Gasteiger partial charge in [0.25, 0.3) is 0 Å². The summed E-state index contributed by atoms with van der Waals surface area (Å²) in [6.45, 7) is 3.44. The number of fused-ring (bicyclic) bond motifs is 3. The van der Waals surface area contributed by atoms with E-state index in [1.54, 1.807) is 13.8 Å². The zero-order valence-electron chi connectivity index (χ0n) is 14.9. The number of ketones is 1. The first kappa shape index (κ1) is 17.5. The van der Waals surface area contributed by atoms with Gasteiger partial charge in [-0.3, -0.25) is 4.79 Å². The molecule has 0 unspecified atom stereocenters. The predicted molar refractivity (Wildman–Crippen MR) is 94.9 cm³/mol. The third kappa shape index (κ3) is 2.66. The minimum atomic E-state index is -0.827. The Labute approximate surface area is 155 Å². The molecular formula is C20H20O7. The van der Waals surface area contributed by atoms with Crippen molar-refractivity contribution in [2.45, 2.75) is 37.9 Å². The second-order valence-corrected chi connectivity index (χ2v) is 7.47. The summed E-state index contributed by atoms with van der Waals surface area (Å²) in [5.74, 6) is -1.27. The highest BCUT2D eigenvalue weighted by Gasteiger charge is 2.42. The molecule has 27 heavy (non-hydrogen) atoms. The smallest absolute Gasteiger partial charge is 0.181 e. The van der Waals surface area contributed by atoms with Gasteiger partial charge in [-0.25, -0.2) is 0 Å². The fourth-order valence-electron chi connectivity index (χ4n) is 3.61. The molecule has 0 spiro atoms. The maximum Gasteiger partial charge on any atom is 0.181 e. The van der Waals surface area contributed by atoms with Crippen LogP contribution in [0.5, 0.6) is 28.7 Å². The third-order valence-electron chi connectivity index (χ3n) is 5.24. The first-order chi connectivity index (χ1) is 12.7. The van der Waals surface area contributed by atoms with Crippen LogP contribution in [0.1, 0.15) is 41.3 Å². The van der Waals surface area contributed by atoms with Crippen molar-refractivity contribution in [3.05, 3.63) is 41.0 Å². The van der Waals surface area contributed by atoms with Crippen LogP contribution in [0, 0.1) is 0 Å². The number of benzene rings is 2. The number of Topliss-reactive ketones (excluding diaryl/α,β-unsaturated/α-hetero) is 1. The van der Waals surface area contributed by atoms with E-state index in [1.807, 2.05) is 0 Å². The van der Waals surface area contributed by atoms with Crippen molar-refractivity contribution in [2.75, 3.05) is 6.61 Å². The summed E-state index contributed by atoms with van der Waals surface area (Å²) in [5, 5.41) is 40.3. The second-order valence-electron chi connectivity index (χ2n) is 7.47. The Morgan fingerprint density at radius 3 is 2.56 bits per heavy atom. The molecule has 0 radical (unpaired) electrons. The molecule has 0 bridgehead atoms. The fourth-order valence-corrected chi connectivity index (χ4v) is 3.61. The molecule has 2 aliphatic heterocycles. The SMILES string of the molecule is CC1(C)Oc2cc(O)c3c(c2C[C@@H]1O)OC[C@@H](c1ccc(O)cc1O)C3=O. The molecule has 0 saturated carbocycles. The average Bonchev–Trinajstić information content (AvgIpc) is 2.57. The van der Waals surface area contributed by atoms with Gasteiger partial charge in [-0.05, 0) is 19.9 Å². The van der Waals surface area contributed by atoms with Crippen molar-refractivity contribution in [3.63, 3.8) is 0 Å². The van der Waals surface area contributed by atoms with Crippen molar-refractivity contribution >= 4 is 5.78 Å². The lowest BCUT2D eigenvalue weighted by molar-refractivity contribution is -0.0420. The number of aromatic hydroxyl groups is 3. The van der Waals surface area contributed by atoms with E-state index in [2.05, 4.69) is 0 Å². The highest BCUT2D eigenvalue weighted by molar-refractivity contribution is 6.07. The number of carbonyl (C=O) groups is 1. The number of phenolic OH excluding ortho intramolecular Hbond substituents is 3. The van der Waals surface area contributed by atoms with Gasteiger partial charge in [0, 0.05) is 29.7 Å². The number of carbonyl (C=O) groups excluding carboxylic acids is 1. The Balaban J connectivity index is 1.79. The zero-order valence-corrected chi connectivity index (χ0v) is 14.9. The van der Waals surface area contributed by atoms with Crippen LogP contribution in [-0.2, 0) is 6.42 Å². The molecule has 0 amide bonds. The number of phenols is 3. The van der Waals surface area contributed by atoms with Gasteiger partial charge >= 0.3 is 0 Å². The Morgan fingerprint density at radius 2 is 1.85 bits per heavy atom. The molecule has 2 aromatic carbocycles. The molecule has 2 atom stereocenters. The van der Waals surface area contributed by atoms with Crippen molar-refractivity contribution in [2.24, 2.45) is 0 Å². The number of rotatable bonds is 1. The van der Waals surface area contributed by atoms with Gasteiger partial charge < -0.3 is 29.9 Å². The van der Waals surface area contributed by atoms with Crippen LogP contribution in [0.2, 0.25) is 0 Å². The molecule has 4 rings (SSSR count). The van der Waals surface area contributed by atoms with E-state index >= 15 is 0 Å². The molecule has 0 aliphatic carbocycles. The largest absolute Gasteiger partial charge is 0.508 e. The summed E-state index contributed by atoms with van der Waals surface area (Å²) in [7, 11) is 0. The van der Waals surface area contributed by atoms with Crippen LogP contribution in [0.15, 0.2) is 24.3 Å². The van der Waals surface area contributed by atoms with Gasteiger partial charge in [0.15, 0.2) is 5.78 Å². The number of hydrogen-bond donors (Lipinski definition) is 4. The highest BCUT2D eigenvalue weighted by Crippen LogP contribution is 2.48. The van der Waals surface area contributed by atoms with Crippen LogP contribution in [0.3, 0.4) is 0 Å². The van der Waals surface area contributed by atoms with E-state index < -0.39 is 23.4 Å². The molecule has 0 aromatic heterocycles. The van der Waals surface area contributed by atoms with Crippen LogP contribution in [-0.4, -0.2) is 44.5 Å². The van der Waals surface area contributed by atoms with Crippen molar-refractivity contribution in [1.82, 2.24) is 0 Å². The van der Waals surface area contributed by atoms with Crippen LogP contribution >= 0.6 is 0 Å². The Bertz CT molecular complexity index is 948. The van der Waals surface area contributed by atoms with Gasteiger partial charge in [-0.1, -0.05) is 6.07 Å². The van der Waals surface area contributed by atoms with Crippen molar-refractivity contribution < 1.29 is 34.7 Å². The first-order valence-corrected chi connectivity index (χ1v) is 8.64. The lowest BCUT2D eigenvalue weighted by Crippen LogP contribution is -2.46. The van der Waals surface area contributed by atoms with Crippen LogP contribution < -0.4 is 9.47 Å². The molecule has 7 heteroatoms. The summed E-state index contributed by atoms with van der Waals surface area (Å²) >= 11 is 0. The maximum absolute atomic E-state index is 13.1. The Morgan fingerprint density at radius 1 is 1.11 bits per heavy atom. The van der Waals surface area contributed by atoms with E-state index in [9.17, 15) is 25.2 Å². The quantitative estimate of drug-likeness (QED) is 0.606. The lowest BCUT2D eigenvalue weighted by Gasteiger charge is -2.39. The molecule has 2 aliphatic rings. The van der Waals surface area contributed by atoms with Gasteiger partial charge in [0.2, 0.25) is 0 Å². The normalized spacial score (nSPS) is 23.0. The zero-order chi connectivity index (χ0) is 19.5. The molecule has 4 N–H and O–H groups in total.